The first-order valence-electron chi connectivity index (χ1n) is 6.49. The van der Waals surface area contributed by atoms with E-state index in [2.05, 4.69) is 31.9 Å². The largest absolute Gasteiger partial charge is 0.383 e. The normalized spacial score (nSPS) is 10.9. The summed E-state index contributed by atoms with van der Waals surface area (Å²) in [5.41, 5.74) is 2.09. The molecule has 1 aromatic heterocycles. The van der Waals surface area contributed by atoms with Crippen LogP contribution in [0.25, 0.3) is 0 Å². The molecule has 1 aromatic carbocycles. The van der Waals surface area contributed by atoms with Crippen LogP contribution in [0.1, 0.15) is 11.3 Å². The highest BCUT2D eigenvalue weighted by atomic mass is 79.9. The summed E-state index contributed by atoms with van der Waals surface area (Å²) in [4.78, 5) is 0. The first-order chi connectivity index (χ1) is 9.72. The summed E-state index contributed by atoms with van der Waals surface area (Å²) in [7, 11) is 1.69. The summed E-state index contributed by atoms with van der Waals surface area (Å²) in [6, 6.07) is 9.18. The Labute approximate surface area is 126 Å². The Balaban J connectivity index is 2.03. The average molecular weight is 341 g/mol. The van der Waals surface area contributed by atoms with E-state index in [1.54, 1.807) is 13.2 Å². The lowest BCUT2D eigenvalue weighted by atomic mass is 10.2. The lowest BCUT2D eigenvalue weighted by Crippen LogP contribution is -2.20. The number of hydrogen-bond acceptors (Lipinski definition) is 2. The first kappa shape index (κ1) is 15.2. The number of hydrogen-bond donors (Lipinski definition) is 1. The highest BCUT2D eigenvalue weighted by Gasteiger charge is 2.07. The second-order valence-electron chi connectivity index (χ2n) is 4.51. The molecule has 0 unspecified atom stereocenters. The molecule has 0 aliphatic heterocycles. The highest BCUT2D eigenvalue weighted by molar-refractivity contribution is 9.10. The zero-order chi connectivity index (χ0) is 14.4. The molecule has 0 saturated heterocycles. The van der Waals surface area contributed by atoms with Gasteiger partial charge in [0.1, 0.15) is 5.82 Å². The summed E-state index contributed by atoms with van der Waals surface area (Å²) in [5.74, 6) is -0.227. The van der Waals surface area contributed by atoms with Crippen molar-refractivity contribution in [1.29, 1.82) is 0 Å². The van der Waals surface area contributed by atoms with Crippen molar-refractivity contribution in [3.8, 4) is 0 Å². The smallest absolute Gasteiger partial charge is 0.137 e. The molecule has 0 spiro atoms. The monoisotopic (exact) mass is 340 g/mol. The molecule has 0 saturated carbocycles. The van der Waals surface area contributed by atoms with Crippen LogP contribution < -0.4 is 5.32 Å². The number of nitrogens with one attached hydrogen (secondary N) is 1. The minimum Gasteiger partial charge on any atom is -0.383 e. The van der Waals surface area contributed by atoms with Crippen LogP contribution >= 0.6 is 15.9 Å². The van der Waals surface area contributed by atoms with Gasteiger partial charge in [0.2, 0.25) is 0 Å². The number of aromatic nitrogens is 1. The Morgan fingerprint density at radius 3 is 2.95 bits per heavy atom. The van der Waals surface area contributed by atoms with Crippen LogP contribution in [0.3, 0.4) is 0 Å². The van der Waals surface area contributed by atoms with E-state index >= 15 is 0 Å². The second-order valence-corrected chi connectivity index (χ2v) is 5.30. The molecule has 1 heterocycles. The molecule has 0 radical (unpaired) electrons. The molecular formula is C15H18BrFN2O. The zero-order valence-corrected chi connectivity index (χ0v) is 13.0. The minimum atomic E-state index is -0.227. The van der Waals surface area contributed by atoms with E-state index in [4.69, 9.17) is 4.74 Å². The molecule has 0 amide bonds. The van der Waals surface area contributed by atoms with Gasteiger partial charge in [0.05, 0.1) is 11.1 Å². The van der Waals surface area contributed by atoms with E-state index in [0.29, 0.717) is 17.6 Å². The predicted octanol–water partition coefficient (Wildman–Crippen LogP) is 3.17. The number of methoxy groups -OCH3 is 1. The molecule has 3 nitrogen and oxygen atoms in total. The van der Waals surface area contributed by atoms with Gasteiger partial charge in [-0.1, -0.05) is 12.1 Å². The predicted molar refractivity (Wildman–Crippen MR) is 81.2 cm³/mol. The van der Waals surface area contributed by atoms with E-state index in [1.165, 1.54) is 6.07 Å². The Bertz CT molecular complexity index is 557. The fourth-order valence-corrected chi connectivity index (χ4v) is 2.40. The number of nitrogens with zero attached hydrogens (tertiary/aromatic N) is 1. The van der Waals surface area contributed by atoms with Crippen molar-refractivity contribution in [2.75, 3.05) is 20.3 Å². The van der Waals surface area contributed by atoms with Crippen LogP contribution in [0.15, 0.2) is 41.0 Å². The fourth-order valence-electron chi connectivity index (χ4n) is 2.01. The number of benzene rings is 1. The van der Waals surface area contributed by atoms with Crippen LogP contribution in [-0.4, -0.2) is 24.8 Å². The molecule has 0 fully saturated rings. The van der Waals surface area contributed by atoms with Crippen molar-refractivity contribution < 1.29 is 9.13 Å². The van der Waals surface area contributed by atoms with Gasteiger partial charge in [0, 0.05) is 38.6 Å². The van der Waals surface area contributed by atoms with Crippen molar-refractivity contribution in [3.05, 3.63) is 58.1 Å². The van der Waals surface area contributed by atoms with Gasteiger partial charge in [-0.3, -0.25) is 0 Å². The van der Waals surface area contributed by atoms with Crippen LogP contribution in [0.4, 0.5) is 4.39 Å². The van der Waals surface area contributed by atoms with Crippen molar-refractivity contribution in [2.45, 2.75) is 13.1 Å². The number of halogens is 2. The molecule has 20 heavy (non-hydrogen) atoms. The highest BCUT2D eigenvalue weighted by Crippen LogP contribution is 2.21. The van der Waals surface area contributed by atoms with Gasteiger partial charge in [0.25, 0.3) is 0 Å². The molecule has 0 aliphatic rings. The Kier molecular flexibility index (Phi) is 5.76. The molecule has 0 bridgehead atoms. The minimum absolute atomic E-state index is 0.227. The van der Waals surface area contributed by atoms with Gasteiger partial charge >= 0.3 is 0 Å². The summed E-state index contributed by atoms with van der Waals surface area (Å²) in [5, 5.41) is 3.31. The van der Waals surface area contributed by atoms with E-state index < -0.39 is 0 Å². The van der Waals surface area contributed by atoms with Gasteiger partial charge in [0.15, 0.2) is 0 Å². The SMILES string of the molecule is COCCNCc1cccn1Cc1cccc(F)c1Br. The van der Waals surface area contributed by atoms with Crippen LogP contribution in [0.5, 0.6) is 0 Å². The Hall–Kier alpha value is -1.17. The maximum absolute atomic E-state index is 13.5. The van der Waals surface area contributed by atoms with E-state index in [0.717, 1.165) is 24.3 Å². The van der Waals surface area contributed by atoms with Crippen molar-refractivity contribution >= 4 is 15.9 Å². The van der Waals surface area contributed by atoms with Gasteiger partial charge in [-0.05, 0) is 39.7 Å². The third-order valence-corrected chi connectivity index (χ3v) is 3.97. The van der Waals surface area contributed by atoms with Crippen LogP contribution in [-0.2, 0) is 17.8 Å². The fraction of sp³-hybridized carbons (Fsp3) is 0.333. The summed E-state index contributed by atoms with van der Waals surface area (Å²) in [6.45, 7) is 2.91. The summed E-state index contributed by atoms with van der Waals surface area (Å²) < 4.78 is 21.2. The van der Waals surface area contributed by atoms with Crippen molar-refractivity contribution in [1.82, 2.24) is 9.88 Å². The van der Waals surface area contributed by atoms with E-state index in [1.807, 2.05) is 18.3 Å². The van der Waals surface area contributed by atoms with Gasteiger partial charge in [-0.2, -0.15) is 0 Å². The zero-order valence-electron chi connectivity index (χ0n) is 11.4. The third kappa shape index (κ3) is 3.91. The Morgan fingerprint density at radius 2 is 2.15 bits per heavy atom. The lowest BCUT2D eigenvalue weighted by molar-refractivity contribution is 0.199. The van der Waals surface area contributed by atoms with Crippen LogP contribution in [0, 0.1) is 5.82 Å². The molecule has 2 rings (SSSR count). The first-order valence-corrected chi connectivity index (χ1v) is 7.28. The molecule has 1 N–H and O–H groups in total. The quantitative estimate of drug-likeness (QED) is 0.783. The van der Waals surface area contributed by atoms with Crippen LogP contribution in [0.2, 0.25) is 0 Å². The molecule has 108 valence electrons. The molecule has 2 aromatic rings. The molecule has 0 atom stereocenters. The number of ether oxygens (including phenoxy) is 1. The lowest BCUT2D eigenvalue weighted by Gasteiger charge is -2.12. The maximum atomic E-state index is 13.5. The number of rotatable bonds is 7. The molecule has 5 heteroatoms. The van der Waals surface area contributed by atoms with E-state index in [-0.39, 0.29) is 5.82 Å². The van der Waals surface area contributed by atoms with Crippen molar-refractivity contribution in [3.63, 3.8) is 0 Å². The van der Waals surface area contributed by atoms with Crippen molar-refractivity contribution in [2.24, 2.45) is 0 Å². The Morgan fingerprint density at radius 1 is 1.30 bits per heavy atom. The second kappa shape index (κ2) is 7.57. The van der Waals surface area contributed by atoms with E-state index in [9.17, 15) is 4.39 Å². The standard InChI is InChI=1S/C15H18BrFN2O/c1-20-9-7-18-10-13-5-3-8-19(13)11-12-4-2-6-14(17)15(12)16/h2-6,8,18H,7,9-11H2,1H3. The maximum Gasteiger partial charge on any atom is 0.137 e. The average Bonchev–Trinajstić information content (AvgIpc) is 2.87. The summed E-state index contributed by atoms with van der Waals surface area (Å²) >= 11 is 3.30. The molecule has 0 aliphatic carbocycles. The summed E-state index contributed by atoms with van der Waals surface area (Å²) in [6.07, 6.45) is 2.00. The molecular weight excluding hydrogens is 323 g/mol. The van der Waals surface area contributed by atoms with Gasteiger partial charge < -0.3 is 14.6 Å². The topological polar surface area (TPSA) is 26.2 Å². The van der Waals surface area contributed by atoms with Gasteiger partial charge in [-0.25, -0.2) is 4.39 Å². The van der Waals surface area contributed by atoms with Gasteiger partial charge in [-0.15, -0.1) is 0 Å². The third-order valence-electron chi connectivity index (χ3n) is 3.08.